The van der Waals surface area contributed by atoms with E-state index in [1.807, 2.05) is 0 Å². The van der Waals surface area contributed by atoms with Gasteiger partial charge in [0, 0.05) is 23.0 Å². The van der Waals surface area contributed by atoms with E-state index in [0.29, 0.717) is 21.9 Å². The Labute approximate surface area is 170 Å². The van der Waals surface area contributed by atoms with Gasteiger partial charge in [-0.05, 0) is 55.4 Å². The van der Waals surface area contributed by atoms with Crippen LogP contribution in [0.2, 0.25) is 0 Å². The number of barbiturate groups is 1. The van der Waals surface area contributed by atoms with Crippen LogP contribution in [-0.2, 0) is 14.4 Å². The molecule has 4 amide bonds. The smallest absolute Gasteiger partial charge is 0.331 e. The van der Waals surface area contributed by atoms with Gasteiger partial charge in [0.25, 0.3) is 11.8 Å². The molecule has 0 spiro atoms. The number of esters is 1. The highest BCUT2D eigenvalue weighted by Gasteiger charge is 2.49. The Kier molecular flexibility index (Phi) is 4.82. The number of nitrogens with zero attached hydrogens (tertiary/aromatic N) is 1. The molecule has 2 saturated carbocycles. The summed E-state index contributed by atoms with van der Waals surface area (Å²) in [6.07, 6.45) is 5.32. The molecule has 2 aliphatic carbocycles. The molecule has 0 radical (unpaired) electrons. The van der Waals surface area contributed by atoms with Crippen molar-refractivity contribution >= 4 is 45.8 Å². The van der Waals surface area contributed by atoms with Gasteiger partial charge in [0.2, 0.25) is 0 Å². The lowest BCUT2D eigenvalue weighted by Gasteiger charge is -2.35. The number of benzene rings is 1. The molecule has 1 aliphatic heterocycles. The van der Waals surface area contributed by atoms with Crippen molar-refractivity contribution in [2.75, 3.05) is 0 Å². The van der Waals surface area contributed by atoms with Gasteiger partial charge in [-0.1, -0.05) is 22.4 Å². The molecule has 7 nitrogen and oxygen atoms in total. The number of carbonyl (C=O) groups excluding carboxylic acids is 4. The van der Waals surface area contributed by atoms with Crippen molar-refractivity contribution in [2.24, 2.45) is 11.8 Å². The predicted molar refractivity (Wildman–Crippen MR) is 103 cm³/mol. The first-order chi connectivity index (χ1) is 13.3. The topological polar surface area (TPSA) is 92.8 Å². The maximum absolute atomic E-state index is 13.1. The van der Waals surface area contributed by atoms with E-state index in [4.69, 9.17) is 4.74 Å². The van der Waals surface area contributed by atoms with Gasteiger partial charge in [0.1, 0.15) is 11.3 Å². The number of fused-ring (bicyclic) bond motifs is 2. The zero-order valence-electron chi connectivity index (χ0n) is 15.2. The third-order valence-corrected chi connectivity index (χ3v) is 6.18. The van der Waals surface area contributed by atoms with Gasteiger partial charge in [-0.2, -0.15) is 0 Å². The molecule has 3 aliphatic rings. The predicted octanol–water partition coefficient (Wildman–Crippen LogP) is 3.02. The SMILES string of the molecule is CC(=O)Oc1ccc(Br)cc1/C=C1/C(=O)NC(=O)N([C@@H]2C[C@H]3CC[C@H]2C3)C1=O. The van der Waals surface area contributed by atoms with Crippen LogP contribution in [0.25, 0.3) is 6.08 Å². The van der Waals surface area contributed by atoms with Gasteiger partial charge < -0.3 is 4.74 Å². The number of ether oxygens (including phenoxy) is 1. The zero-order chi connectivity index (χ0) is 20.0. The number of amides is 4. The zero-order valence-corrected chi connectivity index (χ0v) is 16.8. The summed E-state index contributed by atoms with van der Waals surface area (Å²) in [6.45, 7) is 1.27. The molecule has 28 heavy (non-hydrogen) atoms. The average Bonchev–Trinajstić information content (AvgIpc) is 3.23. The minimum Gasteiger partial charge on any atom is -0.426 e. The molecule has 0 unspecified atom stereocenters. The van der Waals surface area contributed by atoms with Crippen molar-refractivity contribution in [3.05, 3.63) is 33.8 Å². The second kappa shape index (κ2) is 7.16. The number of hydrogen-bond donors (Lipinski definition) is 1. The van der Waals surface area contributed by atoms with Crippen LogP contribution in [-0.4, -0.2) is 34.8 Å². The normalized spacial score (nSPS) is 28.1. The molecule has 8 heteroatoms. The van der Waals surface area contributed by atoms with E-state index in [1.165, 1.54) is 17.9 Å². The molecule has 3 fully saturated rings. The first-order valence-electron chi connectivity index (χ1n) is 9.22. The van der Waals surface area contributed by atoms with Gasteiger partial charge in [-0.3, -0.25) is 24.6 Å². The molecule has 1 N–H and O–H groups in total. The van der Waals surface area contributed by atoms with Crippen molar-refractivity contribution in [3.8, 4) is 5.75 Å². The van der Waals surface area contributed by atoms with Crippen LogP contribution >= 0.6 is 15.9 Å². The van der Waals surface area contributed by atoms with Crippen LogP contribution < -0.4 is 10.1 Å². The van der Waals surface area contributed by atoms with Gasteiger partial charge in [-0.15, -0.1) is 0 Å². The van der Waals surface area contributed by atoms with Crippen molar-refractivity contribution in [1.82, 2.24) is 10.2 Å². The second-order valence-electron chi connectivity index (χ2n) is 7.51. The van der Waals surface area contributed by atoms with Crippen LogP contribution in [0.5, 0.6) is 5.75 Å². The Bertz CT molecular complexity index is 925. The average molecular weight is 447 g/mol. The summed E-state index contributed by atoms with van der Waals surface area (Å²) in [5, 5.41) is 2.28. The molecule has 1 heterocycles. The Morgan fingerprint density at radius 1 is 1.25 bits per heavy atom. The number of carbonyl (C=O) groups is 4. The summed E-state index contributed by atoms with van der Waals surface area (Å²) in [5.41, 5.74) is 0.249. The summed E-state index contributed by atoms with van der Waals surface area (Å²) in [5.74, 6) is -0.784. The third-order valence-electron chi connectivity index (χ3n) is 5.69. The van der Waals surface area contributed by atoms with E-state index in [2.05, 4.69) is 21.2 Å². The van der Waals surface area contributed by atoms with E-state index < -0.39 is 23.8 Å². The van der Waals surface area contributed by atoms with Gasteiger partial charge in [-0.25, -0.2) is 4.79 Å². The molecule has 2 bridgehead atoms. The number of imide groups is 2. The molecule has 0 aromatic heterocycles. The minimum atomic E-state index is -0.747. The molecule has 146 valence electrons. The van der Waals surface area contributed by atoms with Crippen LogP contribution in [0.15, 0.2) is 28.2 Å². The van der Waals surface area contributed by atoms with Crippen molar-refractivity contribution < 1.29 is 23.9 Å². The molecular formula is C20H19BrN2O5. The minimum absolute atomic E-state index is 0.145. The van der Waals surface area contributed by atoms with E-state index in [0.717, 1.165) is 25.7 Å². The van der Waals surface area contributed by atoms with E-state index >= 15 is 0 Å². The fraction of sp³-hybridized carbons (Fsp3) is 0.400. The molecule has 1 saturated heterocycles. The number of rotatable bonds is 3. The number of urea groups is 1. The van der Waals surface area contributed by atoms with E-state index in [9.17, 15) is 19.2 Å². The van der Waals surface area contributed by atoms with E-state index in [1.54, 1.807) is 18.2 Å². The fourth-order valence-corrected chi connectivity index (χ4v) is 4.91. The monoisotopic (exact) mass is 446 g/mol. The fourth-order valence-electron chi connectivity index (χ4n) is 4.54. The summed E-state index contributed by atoms with van der Waals surface area (Å²) in [7, 11) is 0. The first-order valence-corrected chi connectivity index (χ1v) is 10.0. The lowest BCUT2D eigenvalue weighted by Crippen LogP contribution is -2.58. The van der Waals surface area contributed by atoms with Crippen molar-refractivity contribution in [3.63, 3.8) is 0 Å². The van der Waals surface area contributed by atoms with Crippen molar-refractivity contribution in [2.45, 2.75) is 38.6 Å². The summed E-state index contributed by atoms with van der Waals surface area (Å²) >= 11 is 3.34. The Morgan fingerprint density at radius 2 is 2.04 bits per heavy atom. The number of nitrogens with one attached hydrogen (secondary N) is 1. The first kappa shape index (κ1) is 18.9. The highest BCUT2D eigenvalue weighted by Crippen LogP contribution is 2.47. The van der Waals surface area contributed by atoms with Crippen LogP contribution in [0.1, 0.15) is 38.2 Å². The van der Waals surface area contributed by atoms with Gasteiger partial charge in [0.05, 0.1) is 0 Å². The van der Waals surface area contributed by atoms with Crippen LogP contribution in [0.4, 0.5) is 4.79 Å². The summed E-state index contributed by atoms with van der Waals surface area (Å²) in [4.78, 5) is 50.5. The number of halogens is 1. The van der Waals surface area contributed by atoms with Gasteiger partial charge >= 0.3 is 12.0 Å². The lowest BCUT2D eigenvalue weighted by molar-refractivity contribution is -0.133. The third kappa shape index (κ3) is 3.37. The summed E-state index contributed by atoms with van der Waals surface area (Å²) in [6, 6.07) is 4.08. The maximum Gasteiger partial charge on any atom is 0.331 e. The van der Waals surface area contributed by atoms with Crippen LogP contribution in [0, 0.1) is 11.8 Å². The largest absolute Gasteiger partial charge is 0.426 e. The quantitative estimate of drug-likeness (QED) is 0.333. The molecule has 1 aromatic rings. The Morgan fingerprint density at radius 3 is 2.68 bits per heavy atom. The van der Waals surface area contributed by atoms with Crippen molar-refractivity contribution in [1.29, 1.82) is 0 Å². The summed E-state index contributed by atoms with van der Waals surface area (Å²) < 4.78 is 5.87. The Balaban J connectivity index is 1.70. The van der Waals surface area contributed by atoms with Gasteiger partial charge in [0.15, 0.2) is 0 Å². The highest BCUT2D eigenvalue weighted by molar-refractivity contribution is 9.10. The number of hydrogen-bond acceptors (Lipinski definition) is 5. The molecule has 3 atom stereocenters. The highest BCUT2D eigenvalue weighted by atomic mass is 79.9. The molecule has 1 aromatic carbocycles. The maximum atomic E-state index is 13.1. The standard InChI is InChI=1S/C20H19BrN2O5/c1-10(24)28-17-5-4-14(21)8-13(17)9-15-18(25)22-20(27)23(19(15)26)16-7-11-2-3-12(16)6-11/h4-5,8-9,11-12,16H,2-3,6-7H2,1H3,(H,22,25,27)/b15-9-/t11-,12-,16+/m0/s1. The van der Waals surface area contributed by atoms with Crippen LogP contribution in [0.3, 0.4) is 0 Å². The second-order valence-corrected chi connectivity index (χ2v) is 8.43. The molecular weight excluding hydrogens is 428 g/mol. The molecule has 4 rings (SSSR count). The lowest BCUT2D eigenvalue weighted by atomic mass is 9.93. The van der Waals surface area contributed by atoms with E-state index in [-0.39, 0.29) is 17.4 Å². The Hall–Kier alpha value is -2.48.